The zero-order chi connectivity index (χ0) is 16.9. The Hall–Kier alpha value is -2.34. The Bertz CT molecular complexity index is 874. The average Bonchev–Trinajstić information content (AvgIpc) is 3.08. The van der Waals surface area contributed by atoms with Crippen molar-refractivity contribution in [2.45, 2.75) is 11.3 Å². The predicted octanol–water partition coefficient (Wildman–Crippen LogP) is 2.68. The molecule has 0 radical (unpaired) electrons. The highest BCUT2D eigenvalue weighted by atomic mass is 32.2. The SMILES string of the molecule is N#Cc1ccc(OC[C@H](O)CSc2nc(N)c3ccsc3n2)cc1. The summed E-state index contributed by atoms with van der Waals surface area (Å²) in [6.07, 6.45) is -0.672. The van der Waals surface area contributed by atoms with Crippen LogP contribution in [0.2, 0.25) is 0 Å². The molecular weight excluding hydrogens is 344 g/mol. The Morgan fingerprint density at radius 1 is 1.29 bits per heavy atom. The molecule has 1 aromatic carbocycles. The number of hydrogen-bond acceptors (Lipinski definition) is 8. The van der Waals surface area contributed by atoms with Gasteiger partial charge in [-0.1, -0.05) is 11.8 Å². The number of benzene rings is 1. The van der Waals surface area contributed by atoms with Crippen LogP contribution in [0, 0.1) is 11.3 Å². The molecule has 0 aliphatic heterocycles. The maximum absolute atomic E-state index is 10.0. The number of thiophene rings is 1. The summed E-state index contributed by atoms with van der Waals surface area (Å²) in [7, 11) is 0. The minimum Gasteiger partial charge on any atom is -0.491 e. The summed E-state index contributed by atoms with van der Waals surface area (Å²) in [6, 6.07) is 10.7. The third-order valence-corrected chi connectivity index (χ3v) is 4.96. The molecule has 1 atom stereocenters. The number of aromatic nitrogens is 2. The maximum atomic E-state index is 10.0. The van der Waals surface area contributed by atoms with Crippen LogP contribution < -0.4 is 10.5 Å². The maximum Gasteiger partial charge on any atom is 0.190 e. The van der Waals surface area contributed by atoms with Crippen molar-refractivity contribution in [1.29, 1.82) is 5.26 Å². The lowest BCUT2D eigenvalue weighted by Crippen LogP contribution is -2.20. The molecule has 0 unspecified atom stereocenters. The molecule has 3 aromatic rings. The third kappa shape index (κ3) is 3.94. The Morgan fingerprint density at radius 3 is 2.83 bits per heavy atom. The van der Waals surface area contributed by atoms with Crippen molar-refractivity contribution in [2.24, 2.45) is 0 Å². The van der Waals surface area contributed by atoms with Crippen molar-refractivity contribution in [3.8, 4) is 11.8 Å². The quantitative estimate of drug-likeness (QED) is 0.515. The van der Waals surface area contributed by atoms with Gasteiger partial charge < -0.3 is 15.6 Å². The summed E-state index contributed by atoms with van der Waals surface area (Å²) >= 11 is 2.84. The van der Waals surface area contributed by atoms with Crippen molar-refractivity contribution >= 4 is 39.1 Å². The highest BCUT2D eigenvalue weighted by molar-refractivity contribution is 7.99. The summed E-state index contributed by atoms with van der Waals surface area (Å²) in [6.45, 7) is 0.148. The molecule has 3 N–H and O–H groups in total. The van der Waals surface area contributed by atoms with Crippen LogP contribution in [0.4, 0.5) is 5.82 Å². The van der Waals surface area contributed by atoms with E-state index >= 15 is 0 Å². The Balaban J connectivity index is 1.52. The van der Waals surface area contributed by atoms with Crippen LogP contribution in [0.25, 0.3) is 10.2 Å². The number of hydrogen-bond donors (Lipinski definition) is 2. The minimum atomic E-state index is -0.672. The second-order valence-corrected chi connectivity index (χ2v) is 6.82. The molecule has 0 saturated carbocycles. The predicted molar refractivity (Wildman–Crippen MR) is 95.2 cm³/mol. The Morgan fingerprint density at radius 2 is 2.08 bits per heavy atom. The van der Waals surface area contributed by atoms with E-state index in [1.807, 2.05) is 17.5 Å². The number of nitrogen functional groups attached to an aromatic ring is 1. The number of rotatable bonds is 6. The zero-order valence-corrected chi connectivity index (χ0v) is 14.2. The number of ether oxygens (including phenoxy) is 1. The highest BCUT2D eigenvalue weighted by Gasteiger charge is 2.11. The molecular formula is C16H14N4O2S2. The van der Waals surface area contributed by atoms with Crippen LogP contribution in [0.5, 0.6) is 5.75 Å². The van der Waals surface area contributed by atoms with E-state index in [1.54, 1.807) is 24.3 Å². The number of nitriles is 1. The second kappa shape index (κ2) is 7.49. The van der Waals surface area contributed by atoms with Gasteiger partial charge in [0.1, 0.15) is 23.0 Å². The molecule has 6 nitrogen and oxygen atoms in total. The van der Waals surface area contributed by atoms with Gasteiger partial charge in [0.2, 0.25) is 0 Å². The molecule has 8 heteroatoms. The van der Waals surface area contributed by atoms with Crippen LogP contribution in [0.15, 0.2) is 40.9 Å². The summed E-state index contributed by atoms with van der Waals surface area (Å²) in [4.78, 5) is 9.49. The average molecular weight is 358 g/mol. The zero-order valence-electron chi connectivity index (χ0n) is 12.5. The minimum absolute atomic E-state index is 0.148. The van der Waals surface area contributed by atoms with Crippen LogP contribution in [-0.4, -0.2) is 33.5 Å². The first kappa shape index (κ1) is 16.5. The van der Waals surface area contributed by atoms with Crippen molar-refractivity contribution in [2.75, 3.05) is 18.1 Å². The van der Waals surface area contributed by atoms with Gasteiger partial charge in [0.05, 0.1) is 23.1 Å². The lowest BCUT2D eigenvalue weighted by molar-refractivity contribution is 0.126. The van der Waals surface area contributed by atoms with E-state index in [4.69, 9.17) is 15.7 Å². The van der Waals surface area contributed by atoms with E-state index in [0.29, 0.717) is 28.0 Å². The fourth-order valence-electron chi connectivity index (χ4n) is 1.96. The largest absolute Gasteiger partial charge is 0.491 e. The number of anilines is 1. The van der Waals surface area contributed by atoms with Crippen LogP contribution in [0.3, 0.4) is 0 Å². The number of aliphatic hydroxyl groups excluding tert-OH is 1. The number of nitrogens with zero attached hydrogens (tertiary/aromatic N) is 3. The lowest BCUT2D eigenvalue weighted by Gasteiger charge is -2.11. The van der Waals surface area contributed by atoms with Crippen molar-refractivity contribution in [3.05, 3.63) is 41.3 Å². The molecule has 3 rings (SSSR count). The van der Waals surface area contributed by atoms with Gasteiger partial charge in [-0.25, -0.2) is 9.97 Å². The molecule has 0 aliphatic rings. The van der Waals surface area contributed by atoms with E-state index < -0.39 is 6.10 Å². The molecule has 24 heavy (non-hydrogen) atoms. The molecule has 2 heterocycles. The summed E-state index contributed by atoms with van der Waals surface area (Å²) in [5.41, 5.74) is 6.47. The summed E-state index contributed by atoms with van der Waals surface area (Å²) in [5.74, 6) is 1.46. The summed E-state index contributed by atoms with van der Waals surface area (Å²) in [5, 5.41) is 22.1. The van der Waals surface area contributed by atoms with Gasteiger partial charge in [0.25, 0.3) is 0 Å². The van der Waals surface area contributed by atoms with E-state index in [1.165, 1.54) is 23.1 Å². The first-order valence-electron chi connectivity index (χ1n) is 7.10. The fourth-order valence-corrected chi connectivity index (χ4v) is 3.55. The number of nitrogens with two attached hydrogens (primary N) is 1. The molecule has 2 aromatic heterocycles. The van der Waals surface area contributed by atoms with Crippen LogP contribution in [-0.2, 0) is 0 Å². The molecule has 0 aliphatic carbocycles. The van der Waals surface area contributed by atoms with Crippen LogP contribution >= 0.6 is 23.1 Å². The van der Waals surface area contributed by atoms with E-state index in [0.717, 1.165) is 10.2 Å². The first-order valence-corrected chi connectivity index (χ1v) is 8.97. The monoisotopic (exact) mass is 358 g/mol. The molecule has 0 bridgehead atoms. The van der Waals surface area contributed by atoms with E-state index in [-0.39, 0.29) is 6.61 Å². The highest BCUT2D eigenvalue weighted by Crippen LogP contribution is 2.26. The number of fused-ring (bicyclic) bond motifs is 1. The van der Waals surface area contributed by atoms with Gasteiger partial charge in [-0.15, -0.1) is 11.3 Å². The molecule has 0 fully saturated rings. The summed E-state index contributed by atoms with van der Waals surface area (Å²) < 4.78 is 5.50. The van der Waals surface area contributed by atoms with Gasteiger partial charge in [0.15, 0.2) is 5.16 Å². The molecule has 0 saturated heterocycles. The second-order valence-electron chi connectivity index (χ2n) is 4.94. The Labute approximate surface area is 146 Å². The van der Waals surface area contributed by atoms with Crippen molar-refractivity contribution in [3.63, 3.8) is 0 Å². The van der Waals surface area contributed by atoms with Gasteiger partial charge in [0, 0.05) is 5.75 Å². The van der Waals surface area contributed by atoms with E-state index in [2.05, 4.69) is 9.97 Å². The standard InChI is InChI=1S/C16H14N4O2S2/c17-7-10-1-3-12(4-2-10)22-8-11(21)9-24-16-19-14(18)13-5-6-23-15(13)20-16/h1-6,11,21H,8-9H2,(H2,18,19,20)/t11-/m0/s1. The van der Waals surface area contributed by atoms with Gasteiger partial charge >= 0.3 is 0 Å². The Kier molecular flexibility index (Phi) is 5.15. The van der Waals surface area contributed by atoms with Gasteiger partial charge in [-0.2, -0.15) is 5.26 Å². The van der Waals surface area contributed by atoms with Crippen molar-refractivity contribution < 1.29 is 9.84 Å². The fraction of sp³-hybridized carbons (Fsp3) is 0.188. The van der Waals surface area contributed by atoms with Crippen molar-refractivity contribution in [1.82, 2.24) is 9.97 Å². The van der Waals surface area contributed by atoms with Gasteiger partial charge in [-0.3, -0.25) is 0 Å². The number of thioether (sulfide) groups is 1. The third-order valence-electron chi connectivity index (χ3n) is 3.16. The smallest absolute Gasteiger partial charge is 0.190 e. The first-order chi connectivity index (χ1) is 11.7. The molecule has 0 spiro atoms. The van der Waals surface area contributed by atoms with Gasteiger partial charge in [-0.05, 0) is 35.7 Å². The molecule has 0 amide bonds. The van der Waals surface area contributed by atoms with E-state index in [9.17, 15) is 5.11 Å². The number of aliphatic hydroxyl groups is 1. The van der Waals surface area contributed by atoms with Crippen LogP contribution in [0.1, 0.15) is 5.56 Å². The normalized spacial score (nSPS) is 12.0. The molecule has 122 valence electrons. The topological polar surface area (TPSA) is 105 Å². The lowest BCUT2D eigenvalue weighted by atomic mass is 10.2.